The average Bonchev–Trinajstić information content (AvgIpc) is 3.41. The molecule has 8 nitrogen and oxygen atoms in total. The fraction of sp³-hybridized carbons (Fsp3) is 0.429. The molecular weight excluding hydrogens is 440 g/mol. The summed E-state index contributed by atoms with van der Waals surface area (Å²) in [5.41, 5.74) is 0.910. The van der Waals surface area contributed by atoms with Gasteiger partial charge in [0.1, 0.15) is 10.6 Å². The smallest absolute Gasteiger partial charge is 0.342 e. The number of carbonyl (C=O) groups excluding carboxylic acids is 4. The van der Waals surface area contributed by atoms with Crippen LogP contribution in [0.15, 0.2) is 22.9 Å². The van der Waals surface area contributed by atoms with Gasteiger partial charge in [-0.3, -0.25) is 14.4 Å². The van der Waals surface area contributed by atoms with Crippen LogP contribution in [0.4, 0.5) is 5.00 Å². The Labute approximate surface area is 188 Å². The third-order valence-electron chi connectivity index (χ3n) is 4.87. The Morgan fingerprint density at radius 1 is 1.16 bits per heavy atom. The van der Waals surface area contributed by atoms with Gasteiger partial charge in [-0.25, -0.2) is 4.79 Å². The molecule has 0 saturated carbocycles. The van der Waals surface area contributed by atoms with Crippen LogP contribution in [0.3, 0.4) is 0 Å². The predicted octanol–water partition coefficient (Wildman–Crippen LogP) is 3.39. The molecule has 31 heavy (non-hydrogen) atoms. The second kappa shape index (κ2) is 10.5. The third kappa shape index (κ3) is 5.71. The molecule has 166 valence electrons. The summed E-state index contributed by atoms with van der Waals surface area (Å²) >= 11 is 2.70. The Kier molecular flexibility index (Phi) is 7.80. The molecule has 0 radical (unpaired) electrons. The van der Waals surface area contributed by atoms with Gasteiger partial charge >= 0.3 is 11.9 Å². The Bertz CT molecular complexity index is 945. The highest BCUT2D eigenvalue weighted by Crippen LogP contribution is 2.38. The molecule has 0 unspecified atom stereocenters. The van der Waals surface area contributed by atoms with Crippen molar-refractivity contribution >= 4 is 51.4 Å². The Balaban J connectivity index is 1.62. The number of thiophene rings is 2. The zero-order chi connectivity index (χ0) is 22.4. The Hall–Kier alpha value is -2.72. The van der Waals surface area contributed by atoms with Crippen molar-refractivity contribution in [3.05, 3.63) is 28.5 Å². The molecule has 2 amide bonds. The molecule has 2 aromatic heterocycles. The van der Waals surface area contributed by atoms with E-state index in [4.69, 9.17) is 9.47 Å². The number of nitrogens with zero attached hydrogens (tertiary/aromatic N) is 1. The maximum atomic E-state index is 12.8. The first-order chi connectivity index (χ1) is 14.9. The molecule has 1 fully saturated rings. The molecule has 1 N–H and O–H groups in total. The van der Waals surface area contributed by atoms with E-state index in [1.807, 2.05) is 17.5 Å². The molecule has 10 heteroatoms. The molecule has 0 bridgehead atoms. The molecule has 2 aromatic rings. The minimum absolute atomic E-state index is 0.203. The van der Waals surface area contributed by atoms with Crippen molar-refractivity contribution in [1.82, 2.24) is 4.90 Å². The summed E-state index contributed by atoms with van der Waals surface area (Å²) in [6.45, 7) is 3.89. The average molecular weight is 465 g/mol. The minimum atomic E-state index is -0.664. The maximum Gasteiger partial charge on any atom is 0.342 e. The summed E-state index contributed by atoms with van der Waals surface area (Å²) in [7, 11) is 0. The predicted molar refractivity (Wildman–Crippen MR) is 118 cm³/mol. The quantitative estimate of drug-likeness (QED) is 0.630. The maximum absolute atomic E-state index is 12.8. The highest BCUT2D eigenvalue weighted by atomic mass is 32.1. The van der Waals surface area contributed by atoms with Crippen molar-refractivity contribution in [2.45, 2.75) is 26.7 Å². The summed E-state index contributed by atoms with van der Waals surface area (Å²) < 4.78 is 10.4. The summed E-state index contributed by atoms with van der Waals surface area (Å²) in [6.07, 6.45) is 1.05. The van der Waals surface area contributed by atoms with Crippen LogP contribution < -0.4 is 5.32 Å². The van der Waals surface area contributed by atoms with Crippen molar-refractivity contribution in [1.29, 1.82) is 0 Å². The van der Waals surface area contributed by atoms with Crippen LogP contribution in [0.2, 0.25) is 0 Å². The van der Waals surface area contributed by atoms with Crippen molar-refractivity contribution in [2.24, 2.45) is 5.92 Å². The first-order valence-corrected chi connectivity index (χ1v) is 11.7. The first kappa shape index (κ1) is 23.0. The number of hydrogen-bond acceptors (Lipinski definition) is 8. The van der Waals surface area contributed by atoms with Crippen LogP contribution >= 0.6 is 22.7 Å². The standard InChI is InChI=1S/C21H24N2O6S2/c1-3-28-20(26)14-6-8-23(9-7-14)17(25)11-29-21(27)18-15(16-5-4-10-30-16)12-31-19(18)22-13(2)24/h4-5,10,12,14H,3,6-9,11H2,1-2H3,(H,22,24). The zero-order valence-electron chi connectivity index (χ0n) is 17.3. The van der Waals surface area contributed by atoms with Crippen LogP contribution in [-0.4, -0.2) is 55.0 Å². The fourth-order valence-corrected chi connectivity index (χ4v) is 5.16. The Morgan fingerprint density at radius 3 is 2.52 bits per heavy atom. The number of rotatable bonds is 7. The van der Waals surface area contributed by atoms with Crippen molar-refractivity contribution in [2.75, 3.05) is 31.6 Å². The van der Waals surface area contributed by atoms with Gasteiger partial charge in [0.05, 0.1) is 12.5 Å². The molecule has 1 aliphatic rings. The zero-order valence-corrected chi connectivity index (χ0v) is 19.0. The van der Waals surface area contributed by atoms with E-state index in [1.165, 1.54) is 29.6 Å². The monoisotopic (exact) mass is 464 g/mol. The van der Waals surface area contributed by atoms with Crippen molar-refractivity contribution in [3.63, 3.8) is 0 Å². The van der Waals surface area contributed by atoms with E-state index in [-0.39, 0.29) is 29.3 Å². The van der Waals surface area contributed by atoms with E-state index in [2.05, 4.69) is 5.32 Å². The van der Waals surface area contributed by atoms with E-state index in [0.29, 0.717) is 43.1 Å². The molecule has 0 aliphatic carbocycles. The number of nitrogens with one attached hydrogen (secondary N) is 1. The number of esters is 2. The summed E-state index contributed by atoms with van der Waals surface area (Å²) in [6, 6.07) is 3.74. The normalized spacial score (nSPS) is 14.2. The number of carbonyl (C=O) groups is 4. The lowest BCUT2D eigenvalue weighted by Crippen LogP contribution is -2.42. The molecule has 3 rings (SSSR count). The van der Waals surface area contributed by atoms with Gasteiger partial charge in [0.25, 0.3) is 5.91 Å². The molecular formula is C21H24N2O6S2. The van der Waals surface area contributed by atoms with Crippen LogP contribution in [0.5, 0.6) is 0 Å². The fourth-order valence-electron chi connectivity index (χ4n) is 3.34. The van der Waals surface area contributed by atoms with Gasteiger partial charge < -0.3 is 19.7 Å². The van der Waals surface area contributed by atoms with Crippen LogP contribution in [-0.2, 0) is 23.9 Å². The summed E-state index contributed by atoms with van der Waals surface area (Å²) in [5, 5.41) is 6.73. The molecule has 0 spiro atoms. The van der Waals surface area contributed by atoms with E-state index in [9.17, 15) is 19.2 Å². The topological polar surface area (TPSA) is 102 Å². The van der Waals surface area contributed by atoms with Gasteiger partial charge in [-0.15, -0.1) is 22.7 Å². The highest BCUT2D eigenvalue weighted by molar-refractivity contribution is 7.17. The second-order valence-corrected chi connectivity index (χ2v) is 8.82. The van der Waals surface area contributed by atoms with Gasteiger partial charge in [-0.05, 0) is 31.2 Å². The summed E-state index contributed by atoms with van der Waals surface area (Å²) in [5.74, 6) is -1.71. The second-order valence-electron chi connectivity index (χ2n) is 7.00. The lowest BCUT2D eigenvalue weighted by atomic mass is 9.97. The van der Waals surface area contributed by atoms with Gasteiger partial charge in [-0.2, -0.15) is 0 Å². The van der Waals surface area contributed by atoms with Crippen molar-refractivity contribution < 1.29 is 28.7 Å². The number of likely N-dealkylation sites (tertiary alicyclic amines) is 1. The number of piperidine rings is 1. The lowest BCUT2D eigenvalue weighted by molar-refractivity contribution is -0.151. The van der Waals surface area contributed by atoms with Gasteiger partial charge in [0, 0.05) is 35.8 Å². The van der Waals surface area contributed by atoms with Gasteiger partial charge in [-0.1, -0.05) is 6.07 Å². The van der Waals surface area contributed by atoms with Gasteiger partial charge in [0.15, 0.2) is 6.61 Å². The molecule has 1 aliphatic heterocycles. The Morgan fingerprint density at radius 2 is 1.90 bits per heavy atom. The molecule has 0 aromatic carbocycles. The number of anilines is 1. The minimum Gasteiger partial charge on any atom is -0.466 e. The highest BCUT2D eigenvalue weighted by Gasteiger charge is 2.29. The lowest BCUT2D eigenvalue weighted by Gasteiger charge is -2.30. The van der Waals surface area contributed by atoms with E-state index in [1.54, 1.807) is 17.2 Å². The summed E-state index contributed by atoms with van der Waals surface area (Å²) in [4.78, 5) is 51.2. The SMILES string of the molecule is CCOC(=O)C1CCN(C(=O)COC(=O)c2c(-c3cccs3)csc2NC(C)=O)CC1. The van der Waals surface area contributed by atoms with Crippen LogP contribution in [0.25, 0.3) is 10.4 Å². The van der Waals surface area contributed by atoms with Crippen molar-refractivity contribution in [3.8, 4) is 10.4 Å². The largest absolute Gasteiger partial charge is 0.466 e. The number of ether oxygens (including phenoxy) is 2. The molecule has 3 heterocycles. The third-order valence-corrected chi connectivity index (χ3v) is 6.66. The van der Waals surface area contributed by atoms with Crippen LogP contribution in [0, 0.1) is 5.92 Å². The van der Waals surface area contributed by atoms with E-state index in [0.717, 1.165) is 4.88 Å². The molecule has 0 atom stereocenters. The number of hydrogen-bond donors (Lipinski definition) is 1. The van der Waals surface area contributed by atoms with Crippen LogP contribution in [0.1, 0.15) is 37.0 Å². The van der Waals surface area contributed by atoms with E-state index < -0.39 is 12.6 Å². The van der Waals surface area contributed by atoms with Gasteiger partial charge in [0.2, 0.25) is 5.91 Å². The molecule has 1 saturated heterocycles. The first-order valence-electron chi connectivity index (χ1n) is 9.95. The van der Waals surface area contributed by atoms with E-state index >= 15 is 0 Å². The number of amides is 2.